The van der Waals surface area contributed by atoms with E-state index in [1.165, 1.54) is 25.9 Å². The van der Waals surface area contributed by atoms with Gasteiger partial charge in [0.15, 0.2) is 5.84 Å². The summed E-state index contributed by atoms with van der Waals surface area (Å²) in [4.78, 5) is 2.53. The maximum atomic E-state index is 8.69. The molecule has 0 radical (unpaired) electrons. The van der Waals surface area contributed by atoms with E-state index in [1.54, 1.807) is 0 Å². The molecule has 0 bridgehead atoms. The average Bonchev–Trinajstić information content (AvgIpc) is 3.01. The van der Waals surface area contributed by atoms with Crippen molar-refractivity contribution >= 4 is 5.84 Å². The van der Waals surface area contributed by atoms with Crippen molar-refractivity contribution in [2.24, 2.45) is 10.9 Å². The molecule has 1 aliphatic heterocycles. The topological polar surface area (TPSA) is 73.9 Å². The molecule has 1 unspecified atom stereocenters. The van der Waals surface area contributed by atoms with Gasteiger partial charge in [-0.15, -0.1) is 0 Å². The van der Waals surface area contributed by atoms with Crippen molar-refractivity contribution in [1.29, 1.82) is 0 Å². The highest BCUT2D eigenvalue weighted by Gasteiger charge is 2.17. The number of nitrogens with two attached hydrogens (primary N) is 1. The van der Waals surface area contributed by atoms with Gasteiger partial charge in [0, 0.05) is 24.7 Å². The van der Waals surface area contributed by atoms with Gasteiger partial charge >= 0.3 is 0 Å². The molecule has 1 fully saturated rings. The van der Waals surface area contributed by atoms with E-state index in [0.29, 0.717) is 6.04 Å². The number of nitrogens with zero attached hydrogens (tertiary/aromatic N) is 2. The number of hydrogen-bond donors (Lipinski definition) is 3. The van der Waals surface area contributed by atoms with E-state index in [9.17, 15) is 0 Å². The molecule has 5 heteroatoms. The van der Waals surface area contributed by atoms with Crippen molar-refractivity contribution in [3.8, 4) is 0 Å². The normalized spacial score (nSPS) is 18.4. The SMILES string of the molecule is CC(CNCc1cccc(/C(N)=N/O)c1)N1CCCC1. The summed E-state index contributed by atoms with van der Waals surface area (Å²) in [7, 11) is 0. The van der Waals surface area contributed by atoms with Gasteiger partial charge in [0.1, 0.15) is 0 Å². The lowest BCUT2D eigenvalue weighted by molar-refractivity contribution is 0.251. The summed E-state index contributed by atoms with van der Waals surface area (Å²) in [6.45, 7) is 6.49. The van der Waals surface area contributed by atoms with Gasteiger partial charge < -0.3 is 16.3 Å². The summed E-state index contributed by atoms with van der Waals surface area (Å²) in [5.74, 6) is 0.150. The zero-order valence-corrected chi connectivity index (χ0v) is 12.0. The lowest BCUT2D eigenvalue weighted by Crippen LogP contribution is -2.38. The molecule has 1 aromatic rings. The van der Waals surface area contributed by atoms with Gasteiger partial charge in [-0.1, -0.05) is 23.4 Å². The van der Waals surface area contributed by atoms with Gasteiger partial charge in [0.05, 0.1) is 0 Å². The number of rotatable bonds is 6. The molecule has 20 heavy (non-hydrogen) atoms. The van der Waals surface area contributed by atoms with Crippen LogP contribution in [0.25, 0.3) is 0 Å². The second-order valence-corrected chi connectivity index (χ2v) is 5.41. The Morgan fingerprint density at radius 1 is 1.45 bits per heavy atom. The van der Waals surface area contributed by atoms with Crippen LogP contribution in [-0.2, 0) is 6.54 Å². The molecule has 1 heterocycles. The Balaban J connectivity index is 1.81. The van der Waals surface area contributed by atoms with Crippen LogP contribution in [0.3, 0.4) is 0 Å². The number of hydrogen-bond acceptors (Lipinski definition) is 4. The Kier molecular flexibility index (Phi) is 5.38. The van der Waals surface area contributed by atoms with Crippen molar-refractivity contribution in [2.45, 2.75) is 32.4 Å². The van der Waals surface area contributed by atoms with E-state index in [1.807, 2.05) is 24.3 Å². The first-order valence-corrected chi connectivity index (χ1v) is 7.22. The van der Waals surface area contributed by atoms with Crippen LogP contribution < -0.4 is 11.1 Å². The third kappa shape index (κ3) is 3.95. The molecule has 1 saturated heterocycles. The first-order chi connectivity index (χ1) is 9.70. The highest BCUT2D eigenvalue weighted by molar-refractivity contribution is 5.97. The summed E-state index contributed by atoms with van der Waals surface area (Å²) < 4.78 is 0. The van der Waals surface area contributed by atoms with E-state index in [4.69, 9.17) is 10.9 Å². The molecule has 0 aromatic heterocycles. The van der Waals surface area contributed by atoms with Crippen molar-refractivity contribution in [3.63, 3.8) is 0 Å². The third-order valence-electron chi connectivity index (χ3n) is 3.86. The number of amidine groups is 1. The number of benzene rings is 1. The number of nitrogens with one attached hydrogen (secondary N) is 1. The van der Waals surface area contributed by atoms with Crippen molar-refractivity contribution in [2.75, 3.05) is 19.6 Å². The van der Waals surface area contributed by atoms with E-state index >= 15 is 0 Å². The van der Waals surface area contributed by atoms with Gasteiger partial charge in [-0.2, -0.15) is 0 Å². The first kappa shape index (κ1) is 14.8. The zero-order chi connectivity index (χ0) is 14.4. The number of likely N-dealkylation sites (tertiary alicyclic amines) is 1. The fraction of sp³-hybridized carbons (Fsp3) is 0.533. The van der Waals surface area contributed by atoms with Gasteiger partial charge in [0.2, 0.25) is 0 Å². The Morgan fingerprint density at radius 2 is 2.20 bits per heavy atom. The molecule has 0 amide bonds. The molecule has 0 spiro atoms. The standard InChI is InChI=1S/C15H24N4O/c1-12(19-7-2-3-8-19)10-17-11-13-5-4-6-14(9-13)15(16)18-20/h4-6,9,12,17,20H,2-3,7-8,10-11H2,1H3,(H2,16,18). The largest absolute Gasteiger partial charge is 0.409 e. The predicted molar refractivity (Wildman–Crippen MR) is 80.9 cm³/mol. The molecule has 110 valence electrons. The quantitative estimate of drug-likeness (QED) is 0.317. The summed E-state index contributed by atoms with van der Waals surface area (Å²) in [5.41, 5.74) is 7.49. The lowest BCUT2D eigenvalue weighted by Gasteiger charge is -2.24. The minimum Gasteiger partial charge on any atom is -0.409 e. The molecular weight excluding hydrogens is 252 g/mol. The average molecular weight is 276 g/mol. The second kappa shape index (κ2) is 7.26. The zero-order valence-electron chi connectivity index (χ0n) is 12.0. The lowest BCUT2D eigenvalue weighted by atomic mass is 10.1. The fourth-order valence-electron chi connectivity index (χ4n) is 2.64. The van der Waals surface area contributed by atoms with E-state index in [0.717, 1.165) is 24.2 Å². The van der Waals surface area contributed by atoms with Gasteiger partial charge in [-0.05, 0) is 44.5 Å². The summed E-state index contributed by atoms with van der Waals surface area (Å²) in [6, 6.07) is 8.33. The minimum atomic E-state index is 0.150. The van der Waals surface area contributed by atoms with Gasteiger partial charge in [-0.25, -0.2) is 0 Å². The van der Waals surface area contributed by atoms with Crippen LogP contribution in [-0.4, -0.2) is 41.6 Å². The molecule has 0 saturated carbocycles. The van der Waals surface area contributed by atoms with Crippen LogP contribution in [0.1, 0.15) is 30.9 Å². The molecule has 2 rings (SSSR count). The maximum absolute atomic E-state index is 8.69. The van der Waals surface area contributed by atoms with Crippen LogP contribution in [0.15, 0.2) is 29.4 Å². The van der Waals surface area contributed by atoms with Crippen molar-refractivity contribution in [3.05, 3.63) is 35.4 Å². The van der Waals surface area contributed by atoms with Crippen molar-refractivity contribution in [1.82, 2.24) is 10.2 Å². The molecule has 0 aliphatic carbocycles. The second-order valence-electron chi connectivity index (χ2n) is 5.41. The van der Waals surface area contributed by atoms with E-state index < -0.39 is 0 Å². The third-order valence-corrected chi connectivity index (χ3v) is 3.86. The maximum Gasteiger partial charge on any atom is 0.170 e. The van der Waals surface area contributed by atoms with Gasteiger partial charge in [-0.3, -0.25) is 4.90 Å². The summed E-state index contributed by atoms with van der Waals surface area (Å²) >= 11 is 0. The highest BCUT2D eigenvalue weighted by atomic mass is 16.4. The minimum absolute atomic E-state index is 0.150. The molecule has 5 nitrogen and oxygen atoms in total. The van der Waals surface area contributed by atoms with Gasteiger partial charge in [0.25, 0.3) is 0 Å². The van der Waals surface area contributed by atoms with E-state index in [-0.39, 0.29) is 5.84 Å². The Hall–Kier alpha value is -1.59. The van der Waals surface area contributed by atoms with Crippen LogP contribution >= 0.6 is 0 Å². The molecule has 4 N–H and O–H groups in total. The summed E-state index contributed by atoms with van der Waals surface area (Å²) in [6.07, 6.45) is 2.65. The van der Waals surface area contributed by atoms with E-state index in [2.05, 4.69) is 22.3 Å². The first-order valence-electron chi connectivity index (χ1n) is 7.22. The number of oxime groups is 1. The smallest absolute Gasteiger partial charge is 0.170 e. The van der Waals surface area contributed by atoms with Crippen LogP contribution in [0.4, 0.5) is 0 Å². The molecular formula is C15H24N4O. The van der Waals surface area contributed by atoms with Crippen LogP contribution in [0.5, 0.6) is 0 Å². The van der Waals surface area contributed by atoms with Crippen molar-refractivity contribution < 1.29 is 5.21 Å². The molecule has 1 aliphatic rings. The predicted octanol–water partition coefficient (Wildman–Crippen LogP) is 1.35. The van der Waals surface area contributed by atoms with Crippen LogP contribution in [0.2, 0.25) is 0 Å². The van der Waals surface area contributed by atoms with Crippen LogP contribution in [0, 0.1) is 0 Å². The Labute approximate surface area is 120 Å². The molecule has 1 aromatic carbocycles. The highest BCUT2D eigenvalue weighted by Crippen LogP contribution is 2.11. The fourth-order valence-corrected chi connectivity index (χ4v) is 2.64. The monoisotopic (exact) mass is 276 g/mol. The summed E-state index contributed by atoms with van der Waals surface area (Å²) in [5, 5.41) is 15.2. The Morgan fingerprint density at radius 3 is 2.90 bits per heavy atom. The Bertz CT molecular complexity index is 455. The molecule has 1 atom stereocenters.